The highest BCUT2D eigenvalue weighted by Gasteiger charge is 2.48. The SMILES string of the molecule is O=S(=O)(Oc1ccc(C(c2ccccc2)c2ccccc2)cc1)C(F)(F)F. The summed E-state index contributed by atoms with van der Waals surface area (Å²) in [5.41, 5.74) is -2.67. The molecule has 0 spiro atoms. The van der Waals surface area contributed by atoms with Crippen LogP contribution in [-0.4, -0.2) is 13.9 Å². The molecule has 3 nitrogen and oxygen atoms in total. The minimum atomic E-state index is -5.69. The Morgan fingerprint density at radius 3 is 1.48 bits per heavy atom. The molecule has 0 atom stereocenters. The van der Waals surface area contributed by atoms with E-state index in [4.69, 9.17) is 0 Å². The predicted molar refractivity (Wildman–Crippen MR) is 95.9 cm³/mol. The van der Waals surface area contributed by atoms with Crippen LogP contribution in [0.1, 0.15) is 22.6 Å². The van der Waals surface area contributed by atoms with Crippen LogP contribution in [0.3, 0.4) is 0 Å². The van der Waals surface area contributed by atoms with E-state index >= 15 is 0 Å². The van der Waals surface area contributed by atoms with Crippen molar-refractivity contribution in [1.82, 2.24) is 0 Å². The van der Waals surface area contributed by atoms with Gasteiger partial charge < -0.3 is 4.18 Å². The molecule has 0 bridgehead atoms. The molecule has 0 aliphatic heterocycles. The first-order chi connectivity index (χ1) is 12.8. The maximum Gasteiger partial charge on any atom is 0.534 e. The van der Waals surface area contributed by atoms with Crippen LogP contribution in [-0.2, 0) is 10.1 Å². The highest BCUT2D eigenvalue weighted by molar-refractivity contribution is 7.88. The Morgan fingerprint density at radius 2 is 1.07 bits per heavy atom. The minimum Gasteiger partial charge on any atom is -0.376 e. The Kier molecular flexibility index (Phi) is 5.23. The summed E-state index contributed by atoms with van der Waals surface area (Å²) in [7, 11) is -5.69. The first-order valence-corrected chi connectivity index (χ1v) is 9.39. The Labute approximate surface area is 155 Å². The molecule has 0 aliphatic carbocycles. The zero-order valence-corrected chi connectivity index (χ0v) is 14.7. The van der Waals surface area contributed by atoms with Crippen molar-refractivity contribution in [3.8, 4) is 5.75 Å². The van der Waals surface area contributed by atoms with Gasteiger partial charge in [-0.2, -0.15) is 21.6 Å². The molecule has 3 aromatic carbocycles. The molecule has 7 heteroatoms. The van der Waals surface area contributed by atoms with E-state index in [1.54, 1.807) is 12.1 Å². The average molecular weight is 392 g/mol. The molecule has 3 rings (SSSR count). The van der Waals surface area contributed by atoms with Crippen LogP contribution in [0.15, 0.2) is 84.9 Å². The molecular weight excluding hydrogens is 377 g/mol. The monoisotopic (exact) mass is 392 g/mol. The van der Waals surface area contributed by atoms with Crippen LogP contribution in [0.4, 0.5) is 13.2 Å². The molecule has 0 radical (unpaired) electrons. The summed E-state index contributed by atoms with van der Waals surface area (Å²) in [5, 5.41) is 0. The fourth-order valence-corrected chi connectivity index (χ4v) is 3.22. The quantitative estimate of drug-likeness (QED) is 0.345. The largest absolute Gasteiger partial charge is 0.534 e. The van der Waals surface area contributed by atoms with E-state index in [2.05, 4.69) is 4.18 Å². The van der Waals surface area contributed by atoms with Crippen molar-refractivity contribution in [3.63, 3.8) is 0 Å². The first-order valence-electron chi connectivity index (χ1n) is 7.98. The van der Waals surface area contributed by atoms with Crippen LogP contribution in [0.2, 0.25) is 0 Å². The molecule has 140 valence electrons. The van der Waals surface area contributed by atoms with Gasteiger partial charge in [0.05, 0.1) is 0 Å². The van der Waals surface area contributed by atoms with Gasteiger partial charge in [0.15, 0.2) is 0 Å². The maximum atomic E-state index is 12.5. The number of halogens is 3. The lowest BCUT2D eigenvalue weighted by Gasteiger charge is -2.19. The number of benzene rings is 3. The van der Waals surface area contributed by atoms with Gasteiger partial charge in [-0.3, -0.25) is 0 Å². The molecule has 0 N–H and O–H groups in total. The first kappa shape index (κ1) is 19.0. The third-order valence-corrected chi connectivity index (χ3v) is 4.95. The lowest BCUT2D eigenvalue weighted by atomic mass is 9.85. The van der Waals surface area contributed by atoms with Crippen LogP contribution in [0.25, 0.3) is 0 Å². The smallest absolute Gasteiger partial charge is 0.376 e. The minimum absolute atomic E-state index is 0.152. The predicted octanol–water partition coefficient (Wildman–Crippen LogP) is 5.10. The van der Waals surface area contributed by atoms with Crippen LogP contribution in [0.5, 0.6) is 5.75 Å². The van der Waals surface area contributed by atoms with Gasteiger partial charge in [0.25, 0.3) is 0 Å². The maximum absolute atomic E-state index is 12.5. The molecule has 0 heterocycles. The van der Waals surface area contributed by atoms with E-state index in [-0.39, 0.29) is 5.92 Å². The van der Waals surface area contributed by atoms with E-state index in [9.17, 15) is 21.6 Å². The third kappa shape index (κ3) is 4.31. The van der Waals surface area contributed by atoms with Gasteiger partial charge in [-0.1, -0.05) is 72.8 Å². The van der Waals surface area contributed by atoms with E-state index in [0.717, 1.165) is 16.7 Å². The molecule has 0 unspecified atom stereocenters. The molecule has 0 aromatic heterocycles. The second-order valence-electron chi connectivity index (χ2n) is 5.81. The second kappa shape index (κ2) is 7.44. The number of alkyl halides is 3. The van der Waals surface area contributed by atoms with Crippen molar-refractivity contribution in [1.29, 1.82) is 0 Å². The van der Waals surface area contributed by atoms with E-state index < -0.39 is 21.4 Å². The fraction of sp³-hybridized carbons (Fsp3) is 0.100. The highest BCUT2D eigenvalue weighted by Crippen LogP contribution is 2.33. The number of rotatable bonds is 5. The molecule has 0 saturated carbocycles. The summed E-state index contributed by atoms with van der Waals surface area (Å²) in [4.78, 5) is 0. The zero-order chi connectivity index (χ0) is 19.5. The van der Waals surface area contributed by atoms with Crippen LogP contribution in [0, 0.1) is 0 Å². The van der Waals surface area contributed by atoms with Gasteiger partial charge in [-0.05, 0) is 28.8 Å². The van der Waals surface area contributed by atoms with Gasteiger partial charge in [-0.25, -0.2) is 0 Å². The fourth-order valence-electron chi connectivity index (χ4n) is 2.76. The number of hydrogen-bond donors (Lipinski definition) is 0. The van der Waals surface area contributed by atoms with Crippen molar-refractivity contribution >= 4 is 10.1 Å². The van der Waals surface area contributed by atoms with E-state index in [1.165, 1.54) is 12.1 Å². The van der Waals surface area contributed by atoms with Gasteiger partial charge in [0.1, 0.15) is 5.75 Å². The third-order valence-electron chi connectivity index (χ3n) is 3.97. The second-order valence-corrected chi connectivity index (χ2v) is 7.34. The summed E-state index contributed by atoms with van der Waals surface area (Å²) >= 11 is 0. The van der Waals surface area contributed by atoms with Crippen molar-refractivity contribution < 1.29 is 25.8 Å². The standard InChI is InChI=1S/C20H15F3O3S/c21-20(22,23)27(24,25)26-18-13-11-17(12-14-18)19(15-7-3-1-4-8-15)16-9-5-2-6-10-16/h1-14,19H. The highest BCUT2D eigenvalue weighted by atomic mass is 32.2. The van der Waals surface area contributed by atoms with Crippen LogP contribution < -0.4 is 4.18 Å². The van der Waals surface area contributed by atoms with Gasteiger partial charge in [0, 0.05) is 5.92 Å². The summed E-state index contributed by atoms with van der Waals surface area (Å²) in [5.74, 6) is -0.545. The van der Waals surface area contributed by atoms with E-state index in [1.807, 2.05) is 60.7 Å². The van der Waals surface area contributed by atoms with Gasteiger partial charge >= 0.3 is 15.6 Å². The summed E-state index contributed by atoms with van der Waals surface area (Å²) < 4.78 is 63.8. The Bertz CT molecular complexity index is 945. The Hall–Kier alpha value is -2.80. The molecule has 0 fully saturated rings. The van der Waals surface area contributed by atoms with Gasteiger partial charge in [-0.15, -0.1) is 0 Å². The molecule has 3 aromatic rings. The summed E-state index contributed by atoms with van der Waals surface area (Å²) in [6.07, 6.45) is 0. The van der Waals surface area contributed by atoms with Crippen molar-refractivity contribution in [2.24, 2.45) is 0 Å². The van der Waals surface area contributed by atoms with Gasteiger partial charge in [0.2, 0.25) is 0 Å². The number of hydrogen-bond acceptors (Lipinski definition) is 3. The average Bonchev–Trinajstić information content (AvgIpc) is 2.64. The Morgan fingerprint density at radius 1 is 0.667 bits per heavy atom. The topological polar surface area (TPSA) is 43.4 Å². The molecule has 0 saturated heterocycles. The van der Waals surface area contributed by atoms with Crippen LogP contribution >= 0.6 is 0 Å². The molecular formula is C20H15F3O3S. The molecule has 0 amide bonds. The van der Waals surface area contributed by atoms with Crippen molar-refractivity contribution in [2.75, 3.05) is 0 Å². The summed E-state index contributed by atoms with van der Waals surface area (Å²) in [6.45, 7) is 0. The van der Waals surface area contributed by atoms with E-state index in [0.29, 0.717) is 0 Å². The van der Waals surface area contributed by atoms with Crippen molar-refractivity contribution in [2.45, 2.75) is 11.4 Å². The molecule has 27 heavy (non-hydrogen) atoms. The zero-order valence-electron chi connectivity index (χ0n) is 13.9. The van der Waals surface area contributed by atoms with Crippen molar-refractivity contribution in [3.05, 3.63) is 102 Å². The normalized spacial score (nSPS) is 12.1. The lowest BCUT2D eigenvalue weighted by molar-refractivity contribution is -0.0500. The molecule has 0 aliphatic rings. The Balaban J connectivity index is 1.95. The lowest BCUT2D eigenvalue weighted by Crippen LogP contribution is -2.28. The summed E-state index contributed by atoms with van der Waals surface area (Å²) in [6, 6.07) is 24.8.